The van der Waals surface area contributed by atoms with Gasteiger partial charge in [0.05, 0.1) is 17.6 Å². The van der Waals surface area contributed by atoms with Crippen molar-refractivity contribution < 1.29 is 0 Å². The Balaban J connectivity index is 2.94. The number of anilines is 2. The summed E-state index contributed by atoms with van der Waals surface area (Å²) in [4.78, 5) is 6.06. The molecule has 0 aliphatic heterocycles. The number of nitrogens with two attached hydrogens (primary N) is 1. The molecule has 1 aromatic rings. The van der Waals surface area contributed by atoms with Crippen molar-refractivity contribution >= 4 is 11.4 Å². The van der Waals surface area contributed by atoms with Gasteiger partial charge in [-0.2, -0.15) is 0 Å². The van der Waals surface area contributed by atoms with Crippen LogP contribution in [0.15, 0.2) is 18.5 Å². The summed E-state index contributed by atoms with van der Waals surface area (Å²) in [6.45, 7) is 4.25. The lowest BCUT2D eigenvalue weighted by atomic mass is 10.2. The molecule has 66 valence electrons. The van der Waals surface area contributed by atoms with Gasteiger partial charge in [0.25, 0.3) is 0 Å². The van der Waals surface area contributed by atoms with E-state index in [1.165, 1.54) is 0 Å². The average Bonchev–Trinajstić information content (AvgIpc) is 2.04. The minimum atomic E-state index is 0.453. The molecule has 1 heterocycles. The van der Waals surface area contributed by atoms with Crippen molar-refractivity contribution in [3.8, 4) is 0 Å². The Bertz CT molecular complexity index is 258. The molecule has 1 aromatic heterocycles. The van der Waals surface area contributed by atoms with Gasteiger partial charge in [-0.1, -0.05) is 0 Å². The summed E-state index contributed by atoms with van der Waals surface area (Å²) in [5, 5.41) is 0. The minimum absolute atomic E-state index is 0.453. The van der Waals surface area contributed by atoms with Crippen LogP contribution < -0.4 is 10.6 Å². The van der Waals surface area contributed by atoms with Crippen molar-refractivity contribution in [2.45, 2.75) is 19.9 Å². The second-order valence-electron chi connectivity index (χ2n) is 3.14. The molecule has 12 heavy (non-hydrogen) atoms. The van der Waals surface area contributed by atoms with E-state index in [1.54, 1.807) is 12.4 Å². The van der Waals surface area contributed by atoms with Crippen molar-refractivity contribution in [1.82, 2.24) is 4.98 Å². The van der Waals surface area contributed by atoms with Crippen LogP contribution in [0.1, 0.15) is 13.8 Å². The van der Waals surface area contributed by atoms with E-state index in [0.717, 1.165) is 11.4 Å². The third-order valence-electron chi connectivity index (χ3n) is 1.98. The Morgan fingerprint density at radius 2 is 2.17 bits per heavy atom. The van der Waals surface area contributed by atoms with Gasteiger partial charge < -0.3 is 10.6 Å². The first-order chi connectivity index (χ1) is 5.63. The molecule has 0 radical (unpaired) electrons. The third kappa shape index (κ3) is 1.67. The van der Waals surface area contributed by atoms with Crippen LogP contribution in [0.4, 0.5) is 11.4 Å². The van der Waals surface area contributed by atoms with Gasteiger partial charge in [-0.15, -0.1) is 0 Å². The number of hydrogen-bond acceptors (Lipinski definition) is 3. The van der Waals surface area contributed by atoms with Gasteiger partial charge in [-0.25, -0.2) is 0 Å². The summed E-state index contributed by atoms with van der Waals surface area (Å²) in [5.74, 6) is 0. The number of pyridine rings is 1. The monoisotopic (exact) mass is 165 g/mol. The van der Waals surface area contributed by atoms with Crippen LogP contribution in [-0.2, 0) is 0 Å². The molecule has 0 aliphatic rings. The predicted molar refractivity (Wildman–Crippen MR) is 52.2 cm³/mol. The largest absolute Gasteiger partial charge is 0.396 e. The Hall–Kier alpha value is -1.25. The smallest absolute Gasteiger partial charge is 0.0738 e. The first kappa shape index (κ1) is 8.84. The number of nitrogens with zero attached hydrogens (tertiary/aromatic N) is 2. The summed E-state index contributed by atoms with van der Waals surface area (Å²) in [5.41, 5.74) is 7.53. The van der Waals surface area contributed by atoms with Crippen LogP contribution in [0.3, 0.4) is 0 Å². The van der Waals surface area contributed by atoms with Crippen LogP contribution >= 0.6 is 0 Å². The molecular formula is C9H15N3. The van der Waals surface area contributed by atoms with E-state index in [1.807, 2.05) is 13.1 Å². The van der Waals surface area contributed by atoms with Crippen LogP contribution in [0, 0.1) is 0 Å². The maximum absolute atomic E-state index is 5.76. The van der Waals surface area contributed by atoms with Gasteiger partial charge in [-0.3, -0.25) is 4.98 Å². The lowest BCUT2D eigenvalue weighted by molar-refractivity contribution is 0.755. The Labute approximate surface area is 73.2 Å². The molecule has 0 aromatic carbocycles. The molecule has 0 bridgehead atoms. The molecule has 0 unspecified atom stereocenters. The van der Waals surface area contributed by atoms with E-state index in [9.17, 15) is 0 Å². The zero-order valence-corrected chi connectivity index (χ0v) is 7.78. The zero-order chi connectivity index (χ0) is 9.14. The Morgan fingerprint density at radius 1 is 1.50 bits per heavy atom. The predicted octanol–water partition coefficient (Wildman–Crippen LogP) is 1.51. The Kier molecular flexibility index (Phi) is 2.53. The molecule has 3 heteroatoms. The number of hydrogen-bond donors (Lipinski definition) is 1. The normalized spacial score (nSPS) is 10.3. The maximum atomic E-state index is 5.76. The highest BCUT2D eigenvalue weighted by Gasteiger charge is 2.06. The molecular weight excluding hydrogens is 150 g/mol. The highest BCUT2D eigenvalue weighted by molar-refractivity contribution is 5.65. The van der Waals surface area contributed by atoms with E-state index < -0.39 is 0 Å². The number of aromatic nitrogens is 1. The van der Waals surface area contributed by atoms with Crippen LogP contribution in [0.25, 0.3) is 0 Å². The zero-order valence-electron chi connectivity index (χ0n) is 7.78. The van der Waals surface area contributed by atoms with Crippen LogP contribution in [-0.4, -0.2) is 18.1 Å². The molecule has 3 nitrogen and oxygen atoms in total. The van der Waals surface area contributed by atoms with Crippen molar-refractivity contribution in [2.24, 2.45) is 0 Å². The first-order valence-corrected chi connectivity index (χ1v) is 4.05. The summed E-state index contributed by atoms with van der Waals surface area (Å²) in [6, 6.07) is 2.38. The SMILES string of the molecule is CC(C)N(C)c1ccncc1N. The molecule has 0 saturated heterocycles. The molecule has 0 spiro atoms. The summed E-state index contributed by atoms with van der Waals surface area (Å²) < 4.78 is 0. The van der Waals surface area contributed by atoms with Crippen molar-refractivity contribution in [3.05, 3.63) is 18.5 Å². The summed E-state index contributed by atoms with van der Waals surface area (Å²) in [7, 11) is 2.02. The van der Waals surface area contributed by atoms with E-state index in [0.29, 0.717) is 6.04 Å². The second-order valence-corrected chi connectivity index (χ2v) is 3.14. The minimum Gasteiger partial charge on any atom is -0.396 e. The van der Waals surface area contributed by atoms with Crippen LogP contribution in [0.5, 0.6) is 0 Å². The van der Waals surface area contributed by atoms with E-state index in [4.69, 9.17) is 5.73 Å². The second kappa shape index (κ2) is 3.43. The lowest BCUT2D eigenvalue weighted by Crippen LogP contribution is -2.26. The fourth-order valence-electron chi connectivity index (χ4n) is 0.999. The highest BCUT2D eigenvalue weighted by Crippen LogP contribution is 2.21. The van der Waals surface area contributed by atoms with Crippen molar-refractivity contribution in [1.29, 1.82) is 0 Å². The topological polar surface area (TPSA) is 42.2 Å². The average molecular weight is 165 g/mol. The van der Waals surface area contributed by atoms with Gasteiger partial charge in [0.2, 0.25) is 0 Å². The fraction of sp³-hybridized carbons (Fsp3) is 0.444. The van der Waals surface area contributed by atoms with Crippen molar-refractivity contribution in [3.63, 3.8) is 0 Å². The third-order valence-corrected chi connectivity index (χ3v) is 1.98. The van der Waals surface area contributed by atoms with Crippen LogP contribution in [0.2, 0.25) is 0 Å². The molecule has 0 aliphatic carbocycles. The molecule has 0 atom stereocenters. The molecule has 0 amide bonds. The summed E-state index contributed by atoms with van der Waals surface area (Å²) in [6.07, 6.45) is 3.43. The highest BCUT2D eigenvalue weighted by atomic mass is 15.1. The van der Waals surface area contributed by atoms with E-state index >= 15 is 0 Å². The Morgan fingerprint density at radius 3 is 2.67 bits per heavy atom. The fourth-order valence-corrected chi connectivity index (χ4v) is 0.999. The summed E-state index contributed by atoms with van der Waals surface area (Å²) >= 11 is 0. The standard InChI is InChI=1S/C9H15N3/c1-7(2)12(3)9-4-5-11-6-8(9)10/h4-7H,10H2,1-3H3. The number of rotatable bonds is 2. The van der Waals surface area contributed by atoms with Gasteiger partial charge >= 0.3 is 0 Å². The molecule has 1 rings (SSSR count). The van der Waals surface area contributed by atoms with Gasteiger partial charge in [0.1, 0.15) is 0 Å². The van der Waals surface area contributed by atoms with E-state index in [2.05, 4.69) is 23.7 Å². The van der Waals surface area contributed by atoms with Gasteiger partial charge in [0.15, 0.2) is 0 Å². The molecule has 0 fully saturated rings. The maximum Gasteiger partial charge on any atom is 0.0738 e. The quantitative estimate of drug-likeness (QED) is 0.722. The molecule has 0 saturated carbocycles. The van der Waals surface area contributed by atoms with Gasteiger partial charge in [0, 0.05) is 19.3 Å². The molecule has 2 N–H and O–H groups in total. The van der Waals surface area contributed by atoms with Gasteiger partial charge in [-0.05, 0) is 19.9 Å². The number of nitrogen functional groups attached to an aromatic ring is 1. The van der Waals surface area contributed by atoms with Crippen molar-refractivity contribution in [2.75, 3.05) is 17.7 Å². The van der Waals surface area contributed by atoms with E-state index in [-0.39, 0.29) is 0 Å². The lowest BCUT2D eigenvalue weighted by Gasteiger charge is -2.24. The first-order valence-electron chi connectivity index (χ1n) is 4.05.